The smallest absolute Gasteiger partial charge is 0.234 e. The predicted octanol–water partition coefficient (Wildman–Crippen LogP) is 1.48. The zero-order valence-corrected chi connectivity index (χ0v) is 19.0. The van der Waals surface area contributed by atoms with E-state index in [4.69, 9.17) is 4.74 Å². The van der Waals surface area contributed by atoms with Gasteiger partial charge in [-0.1, -0.05) is 27.2 Å². The highest BCUT2D eigenvalue weighted by Gasteiger charge is 2.32. The van der Waals surface area contributed by atoms with Gasteiger partial charge in [0.1, 0.15) is 0 Å². The van der Waals surface area contributed by atoms with Crippen LogP contribution in [0.5, 0.6) is 0 Å². The number of nitrogens with zero attached hydrogens (tertiary/aromatic N) is 2. The molecular weight excluding hydrogens is 368 g/mol. The van der Waals surface area contributed by atoms with Crippen molar-refractivity contribution in [2.45, 2.75) is 58.9 Å². The summed E-state index contributed by atoms with van der Waals surface area (Å²) in [5.74, 6) is 0.962. The van der Waals surface area contributed by atoms with E-state index in [0.29, 0.717) is 37.7 Å². The van der Waals surface area contributed by atoms with Gasteiger partial charge in [0.25, 0.3) is 0 Å². The molecule has 1 aliphatic carbocycles. The highest BCUT2D eigenvalue weighted by atomic mass is 16.5. The topological polar surface area (TPSA) is 73.9 Å². The third-order valence-electron chi connectivity index (χ3n) is 6.94. The Hall–Kier alpha value is -1.18. The number of carbonyl (C=O) groups excluding carboxylic acids is 2. The van der Waals surface area contributed by atoms with Gasteiger partial charge in [-0.2, -0.15) is 0 Å². The molecule has 2 N–H and O–H groups in total. The number of amides is 2. The molecule has 0 radical (unpaired) electrons. The number of rotatable bonds is 10. The number of ether oxygens (including phenoxy) is 1. The average Bonchev–Trinajstić information content (AvgIpc) is 2.70. The number of piperazine rings is 1. The highest BCUT2D eigenvalue weighted by molar-refractivity contribution is 5.78. The number of carbonyl (C=O) groups is 2. The molecule has 0 aromatic heterocycles. The van der Waals surface area contributed by atoms with Crippen molar-refractivity contribution in [3.05, 3.63) is 0 Å². The van der Waals surface area contributed by atoms with E-state index in [0.717, 1.165) is 44.9 Å². The van der Waals surface area contributed by atoms with Crippen LogP contribution >= 0.6 is 0 Å². The van der Waals surface area contributed by atoms with Gasteiger partial charge in [0.2, 0.25) is 11.8 Å². The van der Waals surface area contributed by atoms with Crippen LogP contribution in [0.3, 0.4) is 0 Å². The normalized spacial score (nSPS) is 24.3. The van der Waals surface area contributed by atoms with E-state index in [1.165, 1.54) is 19.3 Å². The fourth-order valence-electron chi connectivity index (χ4n) is 4.44. The van der Waals surface area contributed by atoms with Crippen molar-refractivity contribution in [1.82, 2.24) is 20.4 Å². The Labute approximate surface area is 176 Å². The fourth-order valence-corrected chi connectivity index (χ4v) is 4.44. The lowest BCUT2D eigenvalue weighted by Gasteiger charge is -2.39. The van der Waals surface area contributed by atoms with Gasteiger partial charge in [-0.15, -0.1) is 0 Å². The molecule has 1 heterocycles. The summed E-state index contributed by atoms with van der Waals surface area (Å²) >= 11 is 0. The Kier molecular flexibility index (Phi) is 9.86. The highest BCUT2D eigenvalue weighted by Crippen LogP contribution is 2.40. The van der Waals surface area contributed by atoms with Crippen molar-refractivity contribution in [3.8, 4) is 0 Å². The van der Waals surface area contributed by atoms with Crippen LogP contribution in [-0.2, 0) is 14.3 Å². The second-order valence-electron chi connectivity index (χ2n) is 9.35. The number of methoxy groups -OCH3 is 1. The molecule has 1 saturated carbocycles. The first-order chi connectivity index (χ1) is 13.8. The summed E-state index contributed by atoms with van der Waals surface area (Å²) in [7, 11) is 1.62. The van der Waals surface area contributed by atoms with Crippen LogP contribution < -0.4 is 10.6 Å². The molecule has 2 fully saturated rings. The van der Waals surface area contributed by atoms with Crippen molar-refractivity contribution in [1.29, 1.82) is 0 Å². The molecule has 0 aromatic rings. The van der Waals surface area contributed by atoms with Gasteiger partial charge >= 0.3 is 0 Å². The largest absolute Gasteiger partial charge is 0.383 e. The quantitative estimate of drug-likeness (QED) is 0.534. The van der Waals surface area contributed by atoms with Crippen molar-refractivity contribution in [2.24, 2.45) is 11.3 Å². The first-order valence-electron chi connectivity index (χ1n) is 11.3. The molecule has 1 aliphatic heterocycles. The van der Waals surface area contributed by atoms with Crippen LogP contribution in [0.4, 0.5) is 0 Å². The Balaban J connectivity index is 1.61. The molecule has 168 valence electrons. The molecule has 2 rings (SSSR count). The third kappa shape index (κ3) is 8.22. The third-order valence-corrected chi connectivity index (χ3v) is 6.94. The minimum Gasteiger partial charge on any atom is -0.383 e. The maximum absolute atomic E-state index is 12.5. The van der Waals surface area contributed by atoms with Gasteiger partial charge in [-0.25, -0.2) is 0 Å². The summed E-state index contributed by atoms with van der Waals surface area (Å²) in [5.41, 5.74) is 0.412. The Morgan fingerprint density at radius 1 is 0.966 bits per heavy atom. The van der Waals surface area contributed by atoms with Crippen LogP contribution in [-0.4, -0.2) is 87.2 Å². The lowest BCUT2D eigenvalue weighted by Crippen LogP contribution is -2.52. The SMILES string of the molecule is CCC(C)(C)C1CCC(NC(=O)CN2CCN(CC(=O)NCCOC)CC2)CC1. The van der Waals surface area contributed by atoms with Gasteiger partial charge in [0.05, 0.1) is 19.7 Å². The first kappa shape index (κ1) is 24.1. The molecule has 0 bridgehead atoms. The fraction of sp³-hybridized carbons (Fsp3) is 0.909. The number of nitrogens with one attached hydrogen (secondary N) is 2. The minimum atomic E-state index is 0.0371. The lowest BCUT2D eigenvalue weighted by atomic mass is 9.69. The van der Waals surface area contributed by atoms with Crippen LogP contribution in [0.1, 0.15) is 52.9 Å². The average molecular weight is 411 g/mol. The molecule has 0 atom stereocenters. The van der Waals surface area contributed by atoms with Gasteiger partial charge in [-0.05, 0) is 37.0 Å². The molecule has 0 aromatic carbocycles. The maximum Gasteiger partial charge on any atom is 0.234 e. The van der Waals surface area contributed by atoms with E-state index < -0.39 is 0 Å². The van der Waals surface area contributed by atoms with Crippen LogP contribution in [0, 0.1) is 11.3 Å². The Morgan fingerprint density at radius 2 is 1.52 bits per heavy atom. The maximum atomic E-state index is 12.5. The van der Waals surface area contributed by atoms with Crippen LogP contribution in [0.2, 0.25) is 0 Å². The van der Waals surface area contributed by atoms with Gasteiger partial charge in [0, 0.05) is 45.9 Å². The minimum absolute atomic E-state index is 0.0371. The molecule has 29 heavy (non-hydrogen) atoms. The van der Waals surface area contributed by atoms with E-state index in [-0.39, 0.29) is 11.8 Å². The second-order valence-corrected chi connectivity index (χ2v) is 9.35. The summed E-state index contributed by atoms with van der Waals surface area (Å²) in [6.07, 6.45) is 5.86. The zero-order valence-electron chi connectivity index (χ0n) is 19.0. The van der Waals surface area contributed by atoms with Crippen molar-refractivity contribution in [2.75, 3.05) is 59.5 Å². The van der Waals surface area contributed by atoms with Crippen LogP contribution in [0.25, 0.3) is 0 Å². The molecule has 1 saturated heterocycles. The Bertz CT molecular complexity index is 510. The summed E-state index contributed by atoms with van der Waals surface area (Å²) in [6.45, 7) is 12.3. The molecule has 2 amide bonds. The summed E-state index contributed by atoms with van der Waals surface area (Å²) in [5, 5.41) is 6.11. The number of hydrogen-bond acceptors (Lipinski definition) is 5. The molecule has 2 aliphatic rings. The van der Waals surface area contributed by atoms with Gasteiger partial charge in [-0.3, -0.25) is 19.4 Å². The Morgan fingerprint density at radius 3 is 2.03 bits per heavy atom. The molecule has 0 unspecified atom stereocenters. The second kappa shape index (κ2) is 11.9. The zero-order chi connectivity index (χ0) is 21.3. The summed E-state index contributed by atoms with van der Waals surface area (Å²) in [6, 6.07) is 0.337. The first-order valence-corrected chi connectivity index (χ1v) is 11.3. The van der Waals surface area contributed by atoms with Crippen molar-refractivity contribution >= 4 is 11.8 Å². The van der Waals surface area contributed by atoms with E-state index in [1.54, 1.807) is 7.11 Å². The number of hydrogen-bond donors (Lipinski definition) is 2. The standard InChI is InChI=1S/C22H42N4O3/c1-5-22(2,3)18-6-8-19(9-7-18)24-21(28)17-26-13-11-25(12-14-26)16-20(27)23-10-15-29-4/h18-19H,5-17H2,1-4H3,(H,23,27)(H,24,28). The summed E-state index contributed by atoms with van der Waals surface area (Å²) in [4.78, 5) is 28.7. The van der Waals surface area contributed by atoms with Gasteiger partial charge < -0.3 is 15.4 Å². The lowest BCUT2D eigenvalue weighted by molar-refractivity contribution is -0.125. The predicted molar refractivity (Wildman–Crippen MR) is 116 cm³/mol. The molecule has 7 heteroatoms. The van der Waals surface area contributed by atoms with E-state index >= 15 is 0 Å². The van der Waals surface area contributed by atoms with Crippen molar-refractivity contribution in [3.63, 3.8) is 0 Å². The van der Waals surface area contributed by atoms with E-state index in [1.807, 2.05) is 0 Å². The molecule has 7 nitrogen and oxygen atoms in total. The summed E-state index contributed by atoms with van der Waals surface area (Å²) < 4.78 is 4.94. The van der Waals surface area contributed by atoms with Crippen LogP contribution in [0.15, 0.2) is 0 Å². The van der Waals surface area contributed by atoms with E-state index in [2.05, 4.69) is 41.2 Å². The van der Waals surface area contributed by atoms with E-state index in [9.17, 15) is 9.59 Å². The molecular formula is C22H42N4O3. The van der Waals surface area contributed by atoms with Crippen molar-refractivity contribution < 1.29 is 14.3 Å². The molecule has 0 spiro atoms. The monoisotopic (exact) mass is 410 g/mol. The van der Waals surface area contributed by atoms with Gasteiger partial charge in [0.15, 0.2) is 0 Å².